The van der Waals surface area contributed by atoms with Crippen molar-refractivity contribution in [3.05, 3.63) is 63.2 Å². The van der Waals surface area contributed by atoms with E-state index < -0.39 is 17.2 Å². The summed E-state index contributed by atoms with van der Waals surface area (Å²) in [6, 6.07) is 6.51. The number of ether oxygens (including phenoxy) is 1. The highest BCUT2D eigenvalue weighted by Gasteiger charge is 2.43. The molecule has 0 bridgehead atoms. The van der Waals surface area contributed by atoms with Crippen LogP contribution in [0.1, 0.15) is 68.3 Å². The lowest BCUT2D eigenvalue weighted by atomic mass is 9.71. The lowest BCUT2D eigenvalue weighted by Gasteiger charge is -2.35. The zero-order chi connectivity index (χ0) is 22.3. The van der Waals surface area contributed by atoms with Crippen LogP contribution in [0.3, 0.4) is 0 Å². The average molecular weight is 423 g/mol. The van der Waals surface area contributed by atoms with Crippen molar-refractivity contribution >= 4 is 17.3 Å². The van der Waals surface area contributed by atoms with E-state index in [9.17, 15) is 24.6 Å². The number of benzene rings is 2. The summed E-state index contributed by atoms with van der Waals surface area (Å²) in [5.74, 6) is -1.52. The van der Waals surface area contributed by atoms with Crippen LogP contribution in [0, 0.1) is 0 Å². The van der Waals surface area contributed by atoms with Gasteiger partial charge < -0.3 is 20.7 Å². The van der Waals surface area contributed by atoms with Crippen molar-refractivity contribution in [2.75, 3.05) is 13.2 Å². The van der Waals surface area contributed by atoms with E-state index in [-0.39, 0.29) is 54.1 Å². The number of aliphatic hydroxyl groups is 1. The van der Waals surface area contributed by atoms with Crippen LogP contribution in [0.2, 0.25) is 0 Å². The van der Waals surface area contributed by atoms with E-state index in [4.69, 9.17) is 10.5 Å². The molecule has 2 aliphatic carbocycles. The fourth-order valence-electron chi connectivity index (χ4n) is 4.54. The highest BCUT2D eigenvalue weighted by Crippen LogP contribution is 2.44. The van der Waals surface area contributed by atoms with Crippen LogP contribution in [-0.2, 0) is 29.0 Å². The third-order valence-corrected chi connectivity index (χ3v) is 6.33. The van der Waals surface area contributed by atoms with E-state index in [0.717, 1.165) is 0 Å². The smallest absolute Gasteiger partial charge is 0.198 e. The van der Waals surface area contributed by atoms with E-state index in [2.05, 4.69) is 0 Å². The topological polar surface area (TPSA) is 127 Å². The van der Waals surface area contributed by atoms with Gasteiger partial charge in [-0.3, -0.25) is 14.4 Å². The number of phenols is 1. The minimum atomic E-state index is -1.62. The number of Topliss-reactive ketones (excluding diaryl/α,β-unsaturated/α-hetero) is 1. The molecule has 0 spiro atoms. The molecule has 7 nitrogen and oxygen atoms in total. The first-order chi connectivity index (χ1) is 14.8. The molecule has 1 atom stereocenters. The number of hydrogen-bond donors (Lipinski definition) is 3. The monoisotopic (exact) mass is 423 g/mol. The molecule has 0 amide bonds. The predicted octanol–water partition coefficient (Wildman–Crippen LogP) is 1.84. The van der Waals surface area contributed by atoms with E-state index >= 15 is 0 Å². The summed E-state index contributed by atoms with van der Waals surface area (Å²) in [4.78, 5) is 38.7. The highest BCUT2D eigenvalue weighted by atomic mass is 16.5. The molecule has 2 aliphatic rings. The second-order valence-corrected chi connectivity index (χ2v) is 8.20. The van der Waals surface area contributed by atoms with E-state index in [1.165, 1.54) is 6.92 Å². The summed E-state index contributed by atoms with van der Waals surface area (Å²) in [6.45, 7) is 2.23. The third-order valence-electron chi connectivity index (χ3n) is 6.33. The Labute approximate surface area is 179 Å². The molecule has 2 aromatic rings. The van der Waals surface area contributed by atoms with Crippen molar-refractivity contribution in [3.63, 3.8) is 0 Å². The molecule has 31 heavy (non-hydrogen) atoms. The van der Waals surface area contributed by atoms with Gasteiger partial charge in [-0.1, -0.05) is 24.3 Å². The zero-order valence-corrected chi connectivity index (χ0v) is 17.4. The Hall–Kier alpha value is -2.87. The summed E-state index contributed by atoms with van der Waals surface area (Å²) < 4.78 is 5.75. The molecule has 0 fully saturated rings. The summed E-state index contributed by atoms with van der Waals surface area (Å²) >= 11 is 0. The Balaban J connectivity index is 1.92. The Morgan fingerprint density at radius 2 is 1.77 bits per heavy atom. The number of carbonyl (C=O) groups excluding carboxylic acids is 3. The minimum Gasteiger partial charge on any atom is -0.507 e. The Morgan fingerprint density at radius 3 is 2.39 bits per heavy atom. The number of aromatic hydroxyl groups is 1. The van der Waals surface area contributed by atoms with E-state index in [1.807, 2.05) is 0 Å². The molecule has 162 valence electrons. The Morgan fingerprint density at radius 1 is 1.13 bits per heavy atom. The summed E-state index contributed by atoms with van der Waals surface area (Å²) in [7, 11) is 0. The maximum Gasteiger partial charge on any atom is 0.198 e. The van der Waals surface area contributed by atoms with Gasteiger partial charge in [-0.05, 0) is 43.9 Å². The van der Waals surface area contributed by atoms with Gasteiger partial charge in [0.15, 0.2) is 17.3 Å². The lowest BCUT2D eigenvalue weighted by molar-refractivity contribution is -0.136. The second kappa shape index (κ2) is 8.00. The van der Waals surface area contributed by atoms with Crippen molar-refractivity contribution in [2.45, 2.75) is 44.8 Å². The maximum absolute atomic E-state index is 13.4. The molecule has 2 aromatic carbocycles. The minimum absolute atomic E-state index is 0.0740. The fraction of sp³-hybridized carbons (Fsp3) is 0.375. The van der Waals surface area contributed by atoms with Gasteiger partial charge in [0.25, 0.3) is 0 Å². The summed E-state index contributed by atoms with van der Waals surface area (Å²) in [5, 5.41) is 21.9. The quantitative estimate of drug-likeness (QED) is 0.516. The SMILES string of the molecule is CC(=O)[C@@]1(O)CCc2c(c(O)c3c(c2COCCCN)C(=O)c2ccccc2C3=O)C1. The molecule has 0 aromatic heterocycles. The van der Waals surface area contributed by atoms with Crippen LogP contribution in [0.25, 0.3) is 0 Å². The van der Waals surface area contributed by atoms with E-state index in [0.29, 0.717) is 41.8 Å². The van der Waals surface area contributed by atoms with Crippen LogP contribution in [0.15, 0.2) is 24.3 Å². The first kappa shape index (κ1) is 21.4. The van der Waals surface area contributed by atoms with Gasteiger partial charge in [-0.2, -0.15) is 0 Å². The van der Waals surface area contributed by atoms with Gasteiger partial charge in [0, 0.05) is 35.3 Å². The molecule has 0 saturated heterocycles. The van der Waals surface area contributed by atoms with E-state index in [1.54, 1.807) is 24.3 Å². The second-order valence-electron chi connectivity index (χ2n) is 8.20. The van der Waals surface area contributed by atoms with Gasteiger partial charge >= 0.3 is 0 Å². The van der Waals surface area contributed by atoms with Crippen LogP contribution in [-0.4, -0.2) is 46.3 Å². The molecule has 0 aliphatic heterocycles. The molecular formula is C24H25NO6. The number of phenolic OH excluding ortho intramolecular Hbond substituents is 1. The standard InChI is InChI=1S/C24H25NO6/c1-13(26)24(30)8-7-14-17(11-24)23(29)20-19(18(14)12-31-10-4-9-25)21(27)15-5-2-3-6-16(15)22(20)28/h2-3,5-6,29-30H,4,7-12,25H2,1H3/t24-/m1/s1. The molecule has 0 unspecified atom stereocenters. The zero-order valence-electron chi connectivity index (χ0n) is 17.4. The third kappa shape index (κ3) is 3.39. The normalized spacial score (nSPS) is 19.6. The molecule has 4 rings (SSSR count). The number of hydrogen-bond acceptors (Lipinski definition) is 7. The van der Waals surface area contributed by atoms with Crippen molar-refractivity contribution in [2.24, 2.45) is 5.73 Å². The van der Waals surface area contributed by atoms with Crippen LogP contribution in [0.5, 0.6) is 5.75 Å². The van der Waals surface area contributed by atoms with Gasteiger partial charge in [-0.15, -0.1) is 0 Å². The molecule has 0 heterocycles. The predicted molar refractivity (Wildman–Crippen MR) is 112 cm³/mol. The molecule has 0 saturated carbocycles. The number of rotatable bonds is 6. The summed E-state index contributed by atoms with van der Waals surface area (Å²) in [6.07, 6.45) is 0.977. The van der Waals surface area contributed by atoms with Crippen molar-refractivity contribution < 1.29 is 29.3 Å². The Kier molecular flexibility index (Phi) is 5.51. The van der Waals surface area contributed by atoms with Crippen molar-refractivity contribution in [1.29, 1.82) is 0 Å². The largest absolute Gasteiger partial charge is 0.507 e. The number of fused-ring (bicyclic) bond motifs is 3. The summed E-state index contributed by atoms with van der Waals surface area (Å²) in [5.41, 5.74) is 6.04. The maximum atomic E-state index is 13.4. The van der Waals surface area contributed by atoms with Crippen molar-refractivity contribution in [3.8, 4) is 5.75 Å². The number of ketones is 3. The van der Waals surface area contributed by atoms with Crippen LogP contribution < -0.4 is 5.73 Å². The first-order valence-corrected chi connectivity index (χ1v) is 10.4. The van der Waals surface area contributed by atoms with Gasteiger partial charge in [0.2, 0.25) is 0 Å². The highest BCUT2D eigenvalue weighted by molar-refractivity contribution is 6.30. The number of nitrogens with two attached hydrogens (primary N) is 1. The molecule has 0 radical (unpaired) electrons. The first-order valence-electron chi connectivity index (χ1n) is 10.4. The van der Waals surface area contributed by atoms with Crippen LogP contribution >= 0.6 is 0 Å². The van der Waals surface area contributed by atoms with Crippen LogP contribution in [0.4, 0.5) is 0 Å². The molecule has 7 heteroatoms. The lowest BCUT2D eigenvalue weighted by Crippen LogP contribution is -2.43. The molecule has 4 N–H and O–H groups in total. The van der Waals surface area contributed by atoms with Gasteiger partial charge in [0.05, 0.1) is 12.2 Å². The van der Waals surface area contributed by atoms with Gasteiger partial charge in [-0.25, -0.2) is 0 Å². The van der Waals surface area contributed by atoms with Gasteiger partial charge in [0.1, 0.15) is 11.4 Å². The van der Waals surface area contributed by atoms with Crippen molar-refractivity contribution in [1.82, 2.24) is 0 Å². The molecular weight excluding hydrogens is 398 g/mol. The fourth-order valence-corrected chi connectivity index (χ4v) is 4.54. The Bertz CT molecular complexity index is 1110. The number of carbonyl (C=O) groups is 3. The average Bonchev–Trinajstić information content (AvgIpc) is 2.76.